The van der Waals surface area contributed by atoms with Crippen molar-refractivity contribution in [2.75, 3.05) is 18.6 Å². The van der Waals surface area contributed by atoms with Gasteiger partial charge in [0.25, 0.3) is 5.91 Å². The van der Waals surface area contributed by atoms with Gasteiger partial charge in [0.15, 0.2) is 12.4 Å². The third-order valence-electron chi connectivity index (χ3n) is 3.64. The zero-order valence-electron chi connectivity index (χ0n) is 12.3. The smallest absolute Gasteiger partial charge is 0.264 e. The van der Waals surface area contributed by atoms with Crippen molar-refractivity contribution >= 4 is 34.6 Å². The van der Waals surface area contributed by atoms with Gasteiger partial charge in [-0.3, -0.25) is 9.59 Å². The predicted molar refractivity (Wildman–Crippen MR) is 84.9 cm³/mol. The van der Waals surface area contributed by atoms with Crippen molar-refractivity contribution in [3.8, 4) is 5.75 Å². The molecule has 0 aromatic heterocycles. The molecule has 0 saturated heterocycles. The minimum Gasteiger partial charge on any atom is -0.482 e. The fraction of sp³-hybridized carbons (Fsp3) is 0.400. The van der Waals surface area contributed by atoms with E-state index in [1.54, 1.807) is 25.2 Å². The molecule has 1 amide bonds. The summed E-state index contributed by atoms with van der Waals surface area (Å²) in [6.07, 6.45) is 0.222. The highest BCUT2D eigenvalue weighted by Gasteiger charge is 2.27. The molecular weight excluding hydrogens is 288 g/mol. The van der Waals surface area contributed by atoms with Gasteiger partial charge in [-0.2, -0.15) is 0 Å². The Bertz CT molecular complexity index is 625. The highest BCUT2D eigenvalue weighted by atomic mass is 32.1. The summed E-state index contributed by atoms with van der Waals surface area (Å²) in [7, 11) is 1.66. The molecule has 112 valence electrons. The molecule has 0 unspecified atom stereocenters. The number of rotatable bonds is 4. The molecular formula is C15H18N2O3S. The summed E-state index contributed by atoms with van der Waals surface area (Å²) in [4.78, 5) is 25.8. The molecule has 1 heterocycles. The molecule has 0 spiro atoms. The second-order valence-electron chi connectivity index (χ2n) is 5.77. The maximum Gasteiger partial charge on any atom is 0.264 e. The average Bonchev–Trinajstić information content (AvgIpc) is 2.42. The predicted octanol–water partition coefficient (Wildman–Crippen LogP) is 1.93. The van der Waals surface area contributed by atoms with Crippen LogP contribution in [0.4, 0.5) is 5.69 Å². The van der Waals surface area contributed by atoms with Crippen LogP contribution < -0.4 is 15.4 Å². The van der Waals surface area contributed by atoms with Gasteiger partial charge in [0.2, 0.25) is 0 Å². The first-order valence-corrected chi connectivity index (χ1v) is 7.00. The maximum atomic E-state index is 12.4. The van der Waals surface area contributed by atoms with Crippen molar-refractivity contribution in [3.63, 3.8) is 0 Å². The lowest BCUT2D eigenvalue weighted by Gasteiger charge is -2.27. The molecule has 0 atom stereocenters. The summed E-state index contributed by atoms with van der Waals surface area (Å²) in [5, 5.41) is 0. The van der Waals surface area contributed by atoms with Crippen LogP contribution >= 0.6 is 12.2 Å². The number of ketones is 1. The number of anilines is 1. The summed E-state index contributed by atoms with van der Waals surface area (Å²) < 4.78 is 5.34. The number of nitrogens with zero attached hydrogens (tertiary/aromatic N) is 1. The highest BCUT2D eigenvalue weighted by Crippen LogP contribution is 2.33. The topological polar surface area (TPSA) is 72.6 Å². The van der Waals surface area contributed by atoms with Crippen LogP contribution in [-0.2, 0) is 4.79 Å². The molecule has 1 aliphatic heterocycles. The molecule has 21 heavy (non-hydrogen) atoms. The van der Waals surface area contributed by atoms with Crippen molar-refractivity contribution in [1.29, 1.82) is 0 Å². The minimum absolute atomic E-state index is 0.0191. The van der Waals surface area contributed by atoms with Gasteiger partial charge in [-0.1, -0.05) is 26.1 Å². The molecule has 2 N–H and O–H groups in total. The monoisotopic (exact) mass is 306 g/mol. The number of hydrogen-bond donors (Lipinski definition) is 1. The molecule has 2 rings (SSSR count). The Hall–Kier alpha value is -1.95. The lowest BCUT2D eigenvalue weighted by molar-refractivity contribution is -0.120. The molecule has 6 heteroatoms. The number of Topliss-reactive ketones (excluding diaryl/α,β-unsaturated/α-hetero) is 1. The van der Waals surface area contributed by atoms with Gasteiger partial charge in [0, 0.05) is 24.4 Å². The van der Waals surface area contributed by atoms with Crippen LogP contribution in [0.5, 0.6) is 5.75 Å². The van der Waals surface area contributed by atoms with Crippen LogP contribution in [0.2, 0.25) is 0 Å². The molecule has 0 aliphatic carbocycles. The van der Waals surface area contributed by atoms with E-state index >= 15 is 0 Å². The molecule has 0 fully saturated rings. The summed E-state index contributed by atoms with van der Waals surface area (Å²) >= 11 is 4.98. The van der Waals surface area contributed by atoms with E-state index in [0.717, 1.165) is 0 Å². The minimum atomic E-state index is -0.541. The van der Waals surface area contributed by atoms with Crippen LogP contribution in [0.25, 0.3) is 0 Å². The van der Waals surface area contributed by atoms with Gasteiger partial charge in [-0.25, -0.2) is 0 Å². The van der Waals surface area contributed by atoms with Gasteiger partial charge in [0.1, 0.15) is 5.75 Å². The molecule has 0 bridgehead atoms. The van der Waals surface area contributed by atoms with E-state index in [4.69, 9.17) is 22.7 Å². The SMILES string of the molecule is CN1C(=O)COc2ccc(C(=O)CC(C)(C)C(N)=S)cc21. The number of carbonyl (C=O) groups excluding carboxylic acids is 2. The van der Waals surface area contributed by atoms with Crippen molar-refractivity contribution in [1.82, 2.24) is 0 Å². The molecule has 5 nitrogen and oxygen atoms in total. The number of ether oxygens (including phenoxy) is 1. The van der Waals surface area contributed by atoms with Gasteiger partial charge in [0.05, 0.1) is 10.7 Å². The number of thiocarbonyl (C=S) groups is 1. The lowest BCUT2D eigenvalue weighted by atomic mass is 9.85. The maximum absolute atomic E-state index is 12.4. The Morgan fingerprint density at radius 1 is 1.48 bits per heavy atom. The van der Waals surface area contributed by atoms with Crippen molar-refractivity contribution in [2.24, 2.45) is 11.1 Å². The largest absolute Gasteiger partial charge is 0.482 e. The number of carbonyl (C=O) groups is 2. The molecule has 0 radical (unpaired) electrons. The number of amides is 1. The Morgan fingerprint density at radius 3 is 2.76 bits per heavy atom. The van der Waals surface area contributed by atoms with Crippen LogP contribution in [-0.4, -0.2) is 30.3 Å². The quantitative estimate of drug-likeness (QED) is 0.679. The fourth-order valence-corrected chi connectivity index (χ4v) is 2.11. The van der Waals surface area contributed by atoms with E-state index in [1.165, 1.54) is 4.90 Å². The third kappa shape index (κ3) is 3.05. The molecule has 1 aromatic carbocycles. The van der Waals surface area contributed by atoms with Crippen LogP contribution in [0.3, 0.4) is 0 Å². The van der Waals surface area contributed by atoms with Crippen molar-refractivity contribution in [3.05, 3.63) is 23.8 Å². The van der Waals surface area contributed by atoms with E-state index in [2.05, 4.69) is 0 Å². The zero-order chi connectivity index (χ0) is 15.8. The summed E-state index contributed by atoms with van der Waals surface area (Å²) in [6, 6.07) is 5.07. The van der Waals surface area contributed by atoms with E-state index in [-0.39, 0.29) is 24.7 Å². The summed E-state index contributed by atoms with van der Waals surface area (Å²) in [5.41, 5.74) is 6.23. The summed E-state index contributed by atoms with van der Waals surface area (Å²) in [6.45, 7) is 3.69. The van der Waals surface area contributed by atoms with Crippen LogP contribution in [0.1, 0.15) is 30.6 Å². The van der Waals surface area contributed by atoms with Gasteiger partial charge < -0.3 is 15.4 Å². The van der Waals surface area contributed by atoms with E-state index in [9.17, 15) is 9.59 Å². The standard InChI is InChI=1S/C15H18N2O3S/c1-15(2,14(16)21)7-11(18)9-4-5-12-10(6-9)17(3)13(19)8-20-12/h4-6H,7-8H2,1-3H3,(H2,16,21). The van der Waals surface area contributed by atoms with Crippen molar-refractivity contribution in [2.45, 2.75) is 20.3 Å². The third-order valence-corrected chi connectivity index (χ3v) is 4.19. The van der Waals surface area contributed by atoms with Crippen LogP contribution in [0, 0.1) is 5.41 Å². The van der Waals surface area contributed by atoms with E-state index in [0.29, 0.717) is 22.0 Å². The zero-order valence-corrected chi connectivity index (χ0v) is 13.1. The Balaban J connectivity index is 2.28. The van der Waals surface area contributed by atoms with Crippen LogP contribution in [0.15, 0.2) is 18.2 Å². The first-order valence-electron chi connectivity index (χ1n) is 6.59. The Kier molecular flexibility index (Phi) is 4.00. The normalized spacial score (nSPS) is 14.4. The Morgan fingerprint density at radius 2 is 2.14 bits per heavy atom. The van der Waals surface area contributed by atoms with Crippen molar-refractivity contribution < 1.29 is 14.3 Å². The summed E-state index contributed by atoms with van der Waals surface area (Å²) in [5.74, 6) is 0.389. The number of hydrogen-bond acceptors (Lipinski definition) is 4. The first-order chi connectivity index (χ1) is 9.72. The van der Waals surface area contributed by atoms with Gasteiger partial charge in [-0.05, 0) is 18.2 Å². The molecule has 1 aliphatic rings. The average molecular weight is 306 g/mol. The molecule has 1 aromatic rings. The first kappa shape index (κ1) is 15.4. The number of nitrogens with two attached hydrogens (primary N) is 1. The van der Waals surface area contributed by atoms with E-state index in [1.807, 2.05) is 13.8 Å². The number of likely N-dealkylation sites (N-methyl/N-ethyl adjacent to an activating group) is 1. The number of benzene rings is 1. The lowest BCUT2D eigenvalue weighted by Crippen LogP contribution is -2.35. The van der Waals surface area contributed by atoms with E-state index < -0.39 is 5.41 Å². The second kappa shape index (κ2) is 5.44. The highest BCUT2D eigenvalue weighted by molar-refractivity contribution is 7.80. The fourth-order valence-electron chi connectivity index (χ4n) is 2.04. The van der Waals surface area contributed by atoms with Gasteiger partial charge in [-0.15, -0.1) is 0 Å². The molecule has 0 saturated carbocycles. The van der Waals surface area contributed by atoms with Gasteiger partial charge >= 0.3 is 0 Å². The Labute approximate surface area is 129 Å². The number of fused-ring (bicyclic) bond motifs is 1. The second-order valence-corrected chi connectivity index (χ2v) is 6.21.